The number of benzene rings is 2. The van der Waals surface area contributed by atoms with Crippen LogP contribution in [0.4, 0.5) is 5.69 Å². The van der Waals surface area contributed by atoms with Crippen LogP contribution in [0.2, 0.25) is 0 Å². The summed E-state index contributed by atoms with van der Waals surface area (Å²) in [5, 5.41) is 23.4. The Morgan fingerprint density at radius 2 is 1.55 bits per heavy atom. The Hall–Kier alpha value is -3.60. The smallest absolute Gasteiger partial charge is 0.335 e. The second-order valence-corrected chi connectivity index (χ2v) is 10.1. The van der Waals surface area contributed by atoms with Crippen LogP contribution in [0.3, 0.4) is 0 Å². The molecular formula is C25H31N2O10P. The van der Waals surface area contributed by atoms with Gasteiger partial charge in [0.1, 0.15) is 6.04 Å². The predicted molar refractivity (Wildman–Crippen MR) is 137 cm³/mol. The van der Waals surface area contributed by atoms with Crippen LogP contribution in [0.25, 0.3) is 0 Å². The molecule has 2 atom stereocenters. The molecule has 12 nitrogen and oxygen atoms in total. The predicted octanol–water partition coefficient (Wildman–Crippen LogP) is 4.28. The molecule has 0 aliphatic heterocycles. The molecule has 0 aliphatic rings. The summed E-state index contributed by atoms with van der Waals surface area (Å²) in [6.45, 7) is 5.47. The lowest BCUT2D eigenvalue weighted by atomic mass is 9.88. The van der Waals surface area contributed by atoms with Gasteiger partial charge >= 0.3 is 19.5 Å². The van der Waals surface area contributed by atoms with Crippen LogP contribution >= 0.6 is 7.60 Å². The van der Waals surface area contributed by atoms with Crippen molar-refractivity contribution in [2.75, 3.05) is 19.8 Å². The number of aliphatic carboxylic acids is 1. The van der Waals surface area contributed by atoms with Crippen molar-refractivity contribution < 1.29 is 42.8 Å². The van der Waals surface area contributed by atoms with Gasteiger partial charge in [-0.05, 0) is 44.0 Å². The van der Waals surface area contributed by atoms with E-state index >= 15 is 0 Å². The first-order chi connectivity index (χ1) is 18.0. The van der Waals surface area contributed by atoms with Crippen LogP contribution in [-0.4, -0.2) is 53.7 Å². The van der Waals surface area contributed by atoms with Gasteiger partial charge < -0.3 is 24.2 Å². The maximum absolute atomic E-state index is 13.0. The number of hydrogen-bond acceptors (Lipinski definition) is 9. The van der Waals surface area contributed by atoms with Crippen LogP contribution < -0.4 is 5.32 Å². The summed E-state index contributed by atoms with van der Waals surface area (Å²) in [6.07, 6.45) is -0.387. The monoisotopic (exact) mass is 550 g/mol. The van der Waals surface area contributed by atoms with Gasteiger partial charge in [-0.3, -0.25) is 24.3 Å². The summed E-state index contributed by atoms with van der Waals surface area (Å²) >= 11 is 0. The lowest BCUT2D eigenvalue weighted by Crippen LogP contribution is -2.45. The third kappa shape index (κ3) is 8.76. The van der Waals surface area contributed by atoms with E-state index in [0.29, 0.717) is 11.1 Å². The number of carboxylic acids is 1. The van der Waals surface area contributed by atoms with E-state index in [2.05, 4.69) is 5.32 Å². The van der Waals surface area contributed by atoms with Crippen molar-refractivity contribution in [3.8, 4) is 0 Å². The third-order valence-electron chi connectivity index (χ3n) is 5.42. The fourth-order valence-corrected chi connectivity index (χ4v) is 5.44. The van der Waals surface area contributed by atoms with E-state index < -0.39 is 42.3 Å². The summed E-state index contributed by atoms with van der Waals surface area (Å²) in [5.74, 6) is -3.89. The summed E-state index contributed by atoms with van der Waals surface area (Å²) < 4.78 is 28.3. The summed E-state index contributed by atoms with van der Waals surface area (Å²) in [5.41, 5.74) is 0.807. The Balaban J connectivity index is 2.29. The lowest BCUT2D eigenvalue weighted by molar-refractivity contribution is -0.384. The van der Waals surface area contributed by atoms with Crippen molar-refractivity contribution in [3.05, 3.63) is 75.3 Å². The zero-order valence-electron chi connectivity index (χ0n) is 21.3. The van der Waals surface area contributed by atoms with Gasteiger partial charge in [0.25, 0.3) is 11.6 Å². The zero-order chi connectivity index (χ0) is 28.3. The van der Waals surface area contributed by atoms with E-state index in [0.717, 1.165) is 0 Å². The molecule has 0 aliphatic carbocycles. The molecule has 0 saturated carbocycles. The van der Waals surface area contributed by atoms with E-state index in [4.69, 9.17) is 13.8 Å². The molecule has 13 heteroatoms. The second-order valence-electron chi connectivity index (χ2n) is 8.06. The first kappa shape index (κ1) is 30.6. The number of esters is 1. The highest BCUT2D eigenvalue weighted by Crippen LogP contribution is 2.51. The molecule has 38 heavy (non-hydrogen) atoms. The standard InChI is InChI=1S/C25H31N2O10P/c1-4-35-22(28)15-21(18-11-13-20(14-12-18)27(32)33)23(25(30)31)26-24(29)19-9-7-17(8-10-19)16-38(34,36-5-2)37-6-3/h7-14,21,23H,4-6,15-16H2,1-3H3,(H,26,29)(H,30,31)/t21-,23+/m1/s1. The first-order valence-electron chi connectivity index (χ1n) is 11.9. The zero-order valence-corrected chi connectivity index (χ0v) is 22.2. The topological polar surface area (TPSA) is 171 Å². The molecule has 0 spiro atoms. The number of nitro groups is 1. The van der Waals surface area contributed by atoms with Crippen LogP contribution in [0.15, 0.2) is 48.5 Å². The van der Waals surface area contributed by atoms with E-state index in [-0.39, 0.29) is 43.7 Å². The normalized spacial score (nSPS) is 12.8. The van der Waals surface area contributed by atoms with Gasteiger partial charge in [0, 0.05) is 23.6 Å². The summed E-state index contributed by atoms with van der Waals surface area (Å²) in [4.78, 5) is 47.8. The molecule has 0 bridgehead atoms. The third-order valence-corrected chi connectivity index (χ3v) is 7.48. The van der Waals surface area contributed by atoms with Crippen molar-refractivity contribution in [1.82, 2.24) is 5.32 Å². The Bertz CT molecular complexity index is 1160. The maximum Gasteiger partial charge on any atom is 0.335 e. The highest BCUT2D eigenvalue weighted by atomic mass is 31.2. The number of amides is 1. The van der Waals surface area contributed by atoms with Gasteiger partial charge in [0.2, 0.25) is 0 Å². The minimum absolute atomic E-state index is 0.00388. The summed E-state index contributed by atoms with van der Waals surface area (Å²) in [7, 11) is -3.36. The van der Waals surface area contributed by atoms with Crippen molar-refractivity contribution >= 4 is 31.1 Å². The van der Waals surface area contributed by atoms with Crippen molar-refractivity contribution in [2.24, 2.45) is 0 Å². The first-order valence-corrected chi connectivity index (χ1v) is 13.7. The molecular weight excluding hydrogens is 519 g/mol. The van der Waals surface area contributed by atoms with Gasteiger partial charge in [-0.25, -0.2) is 4.79 Å². The molecule has 0 saturated heterocycles. The fourth-order valence-electron chi connectivity index (χ4n) is 3.74. The minimum atomic E-state index is -3.36. The van der Waals surface area contributed by atoms with E-state index in [9.17, 15) is 34.2 Å². The maximum atomic E-state index is 13.0. The molecule has 2 rings (SSSR count). The lowest BCUT2D eigenvalue weighted by Gasteiger charge is -2.25. The van der Waals surface area contributed by atoms with Crippen LogP contribution in [0.5, 0.6) is 0 Å². The van der Waals surface area contributed by atoms with Crippen molar-refractivity contribution in [2.45, 2.75) is 45.3 Å². The van der Waals surface area contributed by atoms with Gasteiger partial charge in [0.05, 0.1) is 37.3 Å². The Morgan fingerprint density at radius 1 is 0.974 bits per heavy atom. The number of nitrogens with one attached hydrogen (secondary N) is 1. The number of rotatable bonds is 15. The minimum Gasteiger partial charge on any atom is -0.480 e. The average molecular weight is 551 g/mol. The summed E-state index contributed by atoms with van der Waals surface area (Å²) in [6, 6.07) is 9.51. The van der Waals surface area contributed by atoms with Crippen LogP contribution in [0.1, 0.15) is 54.6 Å². The molecule has 1 amide bonds. The molecule has 0 radical (unpaired) electrons. The highest BCUT2D eigenvalue weighted by Gasteiger charge is 2.34. The Kier molecular flexibility index (Phi) is 11.6. The van der Waals surface area contributed by atoms with Gasteiger partial charge in [-0.15, -0.1) is 0 Å². The van der Waals surface area contributed by atoms with Gasteiger partial charge in [-0.1, -0.05) is 24.3 Å². The molecule has 0 fully saturated rings. The quantitative estimate of drug-likeness (QED) is 0.141. The molecule has 0 heterocycles. The average Bonchev–Trinajstić information content (AvgIpc) is 2.86. The number of hydrogen-bond donors (Lipinski definition) is 2. The van der Waals surface area contributed by atoms with Crippen LogP contribution in [0, 0.1) is 10.1 Å². The van der Waals surface area contributed by atoms with Crippen LogP contribution in [-0.2, 0) is 34.1 Å². The molecule has 206 valence electrons. The molecule has 2 N–H and O–H groups in total. The van der Waals surface area contributed by atoms with Gasteiger partial charge in [-0.2, -0.15) is 0 Å². The van der Waals surface area contributed by atoms with E-state index in [1.807, 2.05) is 0 Å². The number of carbonyl (C=O) groups excluding carboxylic acids is 2. The molecule has 2 aromatic carbocycles. The fraction of sp³-hybridized carbons (Fsp3) is 0.400. The number of ether oxygens (including phenoxy) is 1. The SMILES string of the molecule is CCOC(=O)C[C@H](c1ccc([N+](=O)[O-])cc1)[C@H](NC(=O)c1ccc(CP(=O)(OCC)OCC)cc1)C(=O)O. The largest absolute Gasteiger partial charge is 0.480 e. The van der Waals surface area contributed by atoms with E-state index in [1.54, 1.807) is 32.9 Å². The highest BCUT2D eigenvalue weighted by molar-refractivity contribution is 7.53. The van der Waals surface area contributed by atoms with Crippen molar-refractivity contribution in [3.63, 3.8) is 0 Å². The Labute approximate surface area is 220 Å². The van der Waals surface area contributed by atoms with Gasteiger partial charge in [0.15, 0.2) is 0 Å². The molecule has 2 aromatic rings. The van der Waals surface area contributed by atoms with Crippen molar-refractivity contribution in [1.29, 1.82) is 0 Å². The number of nitro benzene ring substituents is 1. The molecule has 0 aromatic heterocycles. The number of carbonyl (C=O) groups is 3. The number of non-ortho nitro benzene ring substituents is 1. The molecule has 0 unspecified atom stereocenters. The van der Waals surface area contributed by atoms with E-state index in [1.165, 1.54) is 36.4 Å². The number of nitrogens with zero attached hydrogens (tertiary/aromatic N) is 1. The second kappa shape index (κ2) is 14.4. The Morgan fingerprint density at radius 3 is 2.03 bits per heavy atom. The number of carboxylic acid groups (broad SMARTS) is 1.